The number of fused-ring (bicyclic) bond motifs is 2. The Labute approximate surface area is 116 Å². The Balaban J connectivity index is 1.92. The molecule has 21 heavy (non-hydrogen) atoms. The Morgan fingerprint density at radius 3 is 2.67 bits per heavy atom. The van der Waals surface area contributed by atoms with Crippen LogP contribution in [0.4, 0.5) is 23.4 Å². The summed E-state index contributed by atoms with van der Waals surface area (Å²) in [4.78, 5) is 3.91. The molecule has 1 aromatic heterocycles. The first-order valence-corrected chi connectivity index (χ1v) is 6.05. The third-order valence-corrected chi connectivity index (χ3v) is 3.07. The summed E-state index contributed by atoms with van der Waals surface area (Å²) in [6.07, 6.45) is -2.34. The summed E-state index contributed by atoms with van der Waals surface area (Å²) in [6, 6.07) is 4.91. The third-order valence-electron chi connectivity index (χ3n) is 3.07. The molecule has 0 unspecified atom stereocenters. The number of rotatable bonds is 4. The molecule has 2 aromatic rings. The summed E-state index contributed by atoms with van der Waals surface area (Å²) in [5.41, 5.74) is 0. The molecule has 1 aliphatic rings. The Morgan fingerprint density at radius 1 is 1.24 bits per heavy atom. The van der Waals surface area contributed by atoms with Crippen LogP contribution < -0.4 is 14.8 Å². The molecule has 0 saturated heterocycles. The fourth-order valence-corrected chi connectivity index (χ4v) is 1.98. The highest BCUT2D eigenvalue weighted by Gasteiger charge is 2.40. The first-order chi connectivity index (χ1) is 9.97. The molecule has 4 nitrogen and oxygen atoms in total. The number of nitrogens with one attached hydrogen (secondary N) is 1. The number of benzene rings is 1. The standard InChI is InChI=1S/C13H10F4N2O2/c14-12(15)13(16,17)5-19-11-8-4-10-9(20-6-21-10)3-7(8)1-2-18-11/h1-4,12H,5-6H2,(H,18,19). The van der Waals surface area contributed by atoms with E-state index in [2.05, 4.69) is 10.3 Å². The van der Waals surface area contributed by atoms with Gasteiger partial charge in [0.15, 0.2) is 11.5 Å². The van der Waals surface area contributed by atoms with E-state index < -0.39 is 18.9 Å². The minimum Gasteiger partial charge on any atom is -0.454 e. The third kappa shape index (κ3) is 2.53. The minimum absolute atomic E-state index is 0.0747. The van der Waals surface area contributed by atoms with Gasteiger partial charge in [0.05, 0.1) is 6.54 Å². The second-order valence-corrected chi connectivity index (χ2v) is 4.50. The maximum atomic E-state index is 13.0. The van der Waals surface area contributed by atoms with Gasteiger partial charge in [-0.25, -0.2) is 13.8 Å². The lowest BCUT2D eigenvalue weighted by Crippen LogP contribution is -2.35. The van der Waals surface area contributed by atoms with Crippen molar-refractivity contribution in [2.45, 2.75) is 12.3 Å². The van der Waals surface area contributed by atoms with Gasteiger partial charge in [-0.1, -0.05) is 0 Å². The van der Waals surface area contributed by atoms with E-state index in [1.165, 1.54) is 6.20 Å². The van der Waals surface area contributed by atoms with Crippen LogP contribution >= 0.6 is 0 Å². The van der Waals surface area contributed by atoms with E-state index in [-0.39, 0.29) is 12.6 Å². The van der Waals surface area contributed by atoms with Crippen molar-refractivity contribution in [3.05, 3.63) is 24.4 Å². The molecule has 0 saturated carbocycles. The first kappa shape index (κ1) is 13.7. The van der Waals surface area contributed by atoms with Crippen LogP contribution in [0.1, 0.15) is 0 Å². The average molecular weight is 302 g/mol. The van der Waals surface area contributed by atoms with Gasteiger partial charge in [0, 0.05) is 11.6 Å². The smallest absolute Gasteiger partial charge is 0.324 e. The van der Waals surface area contributed by atoms with Gasteiger partial charge in [0.25, 0.3) is 0 Å². The number of aromatic nitrogens is 1. The number of anilines is 1. The van der Waals surface area contributed by atoms with Gasteiger partial charge in [-0.15, -0.1) is 0 Å². The predicted octanol–water partition coefficient (Wildman–Crippen LogP) is 3.28. The molecule has 2 heterocycles. The van der Waals surface area contributed by atoms with Crippen LogP contribution in [0, 0.1) is 0 Å². The van der Waals surface area contributed by atoms with Crippen molar-refractivity contribution in [3.8, 4) is 11.5 Å². The lowest BCUT2D eigenvalue weighted by molar-refractivity contribution is -0.117. The highest BCUT2D eigenvalue weighted by molar-refractivity contribution is 5.94. The van der Waals surface area contributed by atoms with Crippen molar-refractivity contribution in [2.24, 2.45) is 0 Å². The largest absolute Gasteiger partial charge is 0.454 e. The number of ether oxygens (including phenoxy) is 2. The molecule has 1 aliphatic heterocycles. The Bertz CT molecular complexity index is 679. The van der Waals surface area contributed by atoms with E-state index in [1.807, 2.05) is 0 Å². The first-order valence-electron chi connectivity index (χ1n) is 6.05. The molecule has 1 N–H and O–H groups in total. The van der Waals surface area contributed by atoms with Crippen molar-refractivity contribution < 1.29 is 27.0 Å². The molecular weight excluding hydrogens is 292 g/mol. The van der Waals surface area contributed by atoms with Gasteiger partial charge in [-0.05, 0) is 23.6 Å². The predicted molar refractivity (Wildman–Crippen MR) is 67.3 cm³/mol. The number of alkyl halides is 4. The molecule has 0 amide bonds. The second-order valence-electron chi connectivity index (χ2n) is 4.50. The molecule has 1 aromatic carbocycles. The number of pyridine rings is 1. The summed E-state index contributed by atoms with van der Waals surface area (Å²) in [6.45, 7) is -1.13. The second kappa shape index (κ2) is 4.94. The van der Waals surface area contributed by atoms with E-state index in [4.69, 9.17) is 9.47 Å². The average Bonchev–Trinajstić information content (AvgIpc) is 2.89. The van der Waals surface area contributed by atoms with Gasteiger partial charge >= 0.3 is 12.3 Å². The normalized spacial score (nSPS) is 14.0. The maximum absolute atomic E-state index is 13.0. The molecule has 8 heteroatoms. The summed E-state index contributed by atoms with van der Waals surface area (Å²) >= 11 is 0. The Kier molecular flexibility index (Phi) is 3.23. The molecule has 3 rings (SSSR count). The monoisotopic (exact) mass is 302 g/mol. The lowest BCUT2D eigenvalue weighted by Gasteiger charge is -2.17. The van der Waals surface area contributed by atoms with Crippen molar-refractivity contribution in [1.29, 1.82) is 0 Å². The van der Waals surface area contributed by atoms with Crippen molar-refractivity contribution in [2.75, 3.05) is 18.7 Å². The zero-order chi connectivity index (χ0) is 15.0. The van der Waals surface area contributed by atoms with Gasteiger partial charge in [0.2, 0.25) is 6.79 Å². The van der Waals surface area contributed by atoms with E-state index in [9.17, 15) is 17.6 Å². The highest BCUT2D eigenvalue weighted by Crippen LogP contribution is 2.38. The number of hydrogen-bond donors (Lipinski definition) is 1. The number of nitrogens with zero attached hydrogens (tertiary/aromatic N) is 1. The zero-order valence-electron chi connectivity index (χ0n) is 10.6. The SMILES string of the molecule is FC(F)C(F)(F)CNc1nccc2cc3c(cc12)OCO3. The van der Waals surface area contributed by atoms with Crippen LogP contribution in [0.15, 0.2) is 24.4 Å². The summed E-state index contributed by atoms with van der Waals surface area (Å²) in [5, 5.41) is 3.43. The van der Waals surface area contributed by atoms with E-state index in [0.29, 0.717) is 22.3 Å². The Hall–Kier alpha value is -2.25. The topological polar surface area (TPSA) is 43.4 Å². The molecule has 0 fully saturated rings. The molecule has 0 aliphatic carbocycles. The quantitative estimate of drug-likeness (QED) is 0.880. The van der Waals surface area contributed by atoms with Crippen LogP contribution in [-0.4, -0.2) is 30.7 Å². The van der Waals surface area contributed by atoms with Crippen LogP contribution in [0.5, 0.6) is 11.5 Å². The van der Waals surface area contributed by atoms with Crippen molar-refractivity contribution in [3.63, 3.8) is 0 Å². The fraction of sp³-hybridized carbons (Fsp3) is 0.308. The van der Waals surface area contributed by atoms with Crippen molar-refractivity contribution in [1.82, 2.24) is 4.98 Å². The zero-order valence-corrected chi connectivity index (χ0v) is 10.6. The van der Waals surface area contributed by atoms with E-state index in [0.717, 1.165) is 0 Å². The van der Waals surface area contributed by atoms with Crippen LogP contribution in [0.3, 0.4) is 0 Å². The van der Waals surface area contributed by atoms with Crippen LogP contribution in [0.25, 0.3) is 10.8 Å². The van der Waals surface area contributed by atoms with Gasteiger partial charge in [0.1, 0.15) is 5.82 Å². The van der Waals surface area contributed by atoms with Gasteiger partial charge < -0.3 is 14.8 Å². The van der Waals surface area contributed by atoms with Gasteiger partial charge in [-0.3, -0.25) is 0 Å². The lowest BCUT2D eigenvalue weighted by atomic mass is 10.1. The van der Waals surface area contributed by atoms with E-state index >= 15 is 0 Å². The van der Waals surface area contributed by atoms with Crippen LogP contribution in [-0.2, 0) is 0 Å². The molecular formula is C13H10F4N2O2. The summed E-state index contributed by atoms with van der Waals surface area (Å²) in [7, 11) is 0. The Morgan fingerprint density at radius 2 is 1.95 bits per heavy atom. The van der Waals surface area contributed by atoms with Crippen LogP contribution in [0.2, 0.25) is 0 Å². The molecule has 0 spiro atoms. The number of hydrogen-bond acceptors (Lipinski definition) is 4. The van der Waals surface area contributed by atoms with Gasteiger partial charge in [-0.2, -0.15) is 8.78 Å². The molecule has 0 bridgehead atoms. The maximum Gasteiger partial charge on any atom is 0.324 e. The minimum atomic E-state index is -4.12. The molecule has 0 radical (unpaired) electrons. The van der Waals surface area contributed by atoms with E-state index in [1.54, 1.807) is 18.2 Å². The fourth-order valence-electron chi connectivity index (χ4n) is 1.98. The molecule has 112 valence electrons. The van der Waals surface area contributed by atoms with Crippen molar-refractivity contribution >= 4 is 16.6 Å². The highest BCUT2D eigenvalue weighted by atomic mass is 19.3. The summed E-state index contributed by atoms with van der Waals surface area (Å²) in [5.74, 6) is -3.04. The number of halogens is 4. The summed E-state index contributed by atoms with van der Waals surface area (Å²) < 4.78 is 60.7. The molecule has 0 atom stereocenters.